The minimum atomic E-state index is -0.447. The summed E-state index contributed by atoms with van der Waals surface area (Å²) in [6, 6.07) is 10.8. The average Bonchev–Trinajstić information content (AvgIpc) is 2.83. The topological polar surface area (TPSA) is 50.2 Å². The normalized spacial score (nSPS) is 14.0. The molecule has 1 amide bonds. The molecule has 0 unspecified atom stereocenters. The van der Waals surface area contributed by atoms with Crippen molar-refractivity contribution in [1.29, 1.82) is 0 Å². The summed E-state index contributed by atoms with van der Waals surface area (Å²) in [7, 11) is 4.05. The Morgan fingerprint density at radius 2 is 2.12 bits per heavy atom. The molecule has 1 aliphatic rings. The molecule has 0 atom stereocenters. The maximum absolute atomic E-state index is 13.9. The maximum atomic E-state index is 13.9. The van der Waals surface area contributed by atoms with Crippen LogP contribution in [0.25, 0.3) is 22.4 Å². The number of halogens is 1. The third kappa shape index (κ3) is 2.78. The summed E-state index contributed by atoms with van der Waals surface area (Å²) < 4.78 is 15.9. The van der Waals surface area contributed by atoms with Crippen molar-refractivity contribution in [2.24, 2.45) is 0 Å². The number of benzene rings is 2. The molecule has 128 valence electrons. The second-order valence-corrected chi connectivity index (χ2v) is 6.60. The van der Waals surface area contributed by atoms with Gasteiger partial charge in [0, 0.05) is 31.3 Å². The number of carbonyl (C=O) groups is 1. The largest absolute Gasteiger partial charge is 0.350 e. The number of aromatic nitrogens is 2. The fourth-order valence-corrected chi connectivity index (χ4v) is 3.40. The Kier molecular flexibility index (Phi) is 3.77. The summed E-state index contributed by atoms with van der Waals surface area (Å²) in [5.74, 6) is 0.0622. The Balaban J connectivity index is 1.93. The molecule has 0 fully saturated rings. The minimum absolute atomic E-state index is 0.254. The predicted octanol–water partition coefficient (Wildman–Crippen LogP) is 2.65. The predicted molar refractivity (Wildman–Crippen MR) is 94.9 cm³/mol. The molecule has 0 bridgehead atoms. The zero-order valence-corrected chi connectivity index (χ0v) is 14.2. The molecule has 0 saturated carbocycles. The van der Waals surface area contributed by atoms with E-state index in [1.54, 1.807) is 0 Å². The van der Waals surface area contributed by atoms with E-state index in [2.05, 4.69) is 27.3 Å². The smallest absolute Gasteiger partial charge is 0.253 e. The van der Waals surface area contributed by atoms with E-state index in [1.807, 2.05) is 30.8 Å². The van der Waals surface area contributed by atoms with Gasteiger partial charge in [-0.15, -0.1) is 0 Å². The monoisotopic (exact) mass is 338 g/mol. The van der Waals surface area contributed by atoms with Gasteiger partial charge in [0.2, 0.25) is 0 Å². The van der Waals surface area contributed by atoms with E-state index in [4.69, 9.17) is 0 Å². The standard InChI is InChI=1S/C19H19FN4O/c1-23(2)11-12-4-3-5-13(8-12)18-22-16-10-14(20)9-15-17(16)24(18)7-6-21-19(15)25/h3-5,8-10H,6-7,11H2,1-2H3,(H,21,25). The van der Waals surface area contributed by atoms with Crippen LogP contribution in [0.1, 0.15) is 15.9 Å². The van der Waals surface area contributed by atoms with Crippen LogP contribution in [0.4, 0.5) is 4.39 Å². The number of nitrogens with one attached hydrogen (secondary N) is 1. The van der Waals surface area contributed by atoms with Gasteiger partial charge >= 0.3 is 0 Å². The lowest BCUT2D eigenvalue weighted by Crippen LogP contribution is -2.24. The second-order valence-electron chi connectivity index (χ2n) is 6.60. The Labute approximate surface area is 145 Å². The molecule has 1 aromatic heterocycles. The molecular weight excluding hydrogens is 319 g/mol. The van der Waals surface area contributed by atoms with Crippen molar-refractivity contribution in [2.45, 2.75) is 13.1 Å². The summed E-state index contributed by atoms with van der Waals surface area (Å²) in [6.07, 6.45) is 0. The van der Waals surface area contributed by atoms with Crippen LogP contribution >= 0.6 is 0 Å². The van der Waals surface area contributed by atoms with E-state index in [0.29, 0.717) is 29.7 Å². The zero-order valence-electron chi connectivity index (χ0n) is 14.2. The molecule has 0 saturated heterocycles. The molecule has 4 rings (SSSR count). The van der Waals surface area contributed by atoms with Crippen LogP contribution in [0.15, 0.2) is 36.4 Å². The first-order valence-corrected chi connectivity index (χ1v) is 8.25. The van der Waals surface area contributed by atoms with Crippen LogP contribution in [0.3, 0.4) is 0 Å². The number of hydrogen-bond acceptors (Lipinski definition) is 3. The Morgan fingerprint density at radius 1 is 1.28 bits per heavy atom. The van der Waals surface area contributed by atoms with Gasteiger partial charge in [0.05, 0.1) is 16.6 Å². The van der Waals surface area contributed by atoms with Crippen LogP contribution in [0.2, 0.25) is 0 Å². The number of rotatable bonds is 3. The number of amides is 1. The van der Waals surface area contributed by atoms with Crippen LogP contribution < -0.4 is 5.32 Å². The van der Waals surface area contributed by atoms with Gasteiger partial charge in [-0.1, -0.05) is 18.2 Å². The van der Waals surface area contributed by atoms with Gasteiger partial charge in [-0.25, -0.2) is 9.37 Å². The first-order chi connectivity index (χ1) is 12.0. The Bertz CT molecular complexity index is 977. The molecule has 6 heteroatoms. The first-order valence-electron chi connectivity index (χ1n) is 8.25. The van der Waals surface area contributed by atoms with Crippen molar-refractivity contribution in [3.8, 4) is 11.4 Å². The molecule has 3 aromatic rings. The van der Waals surface area contributed by atoms with Crippen LogP contribution in [-0.2, 0) is 13.1 Å². The number of hydrogen-bond donors (Lipinski definition) is 1. The van der Waals surface area contributed by atoms with Crippen LogP contribution in [-0.4, -0.2) is 41.0 Å². The lowest BCUT2D eigenvalue weighted by Gasteiger charge is -2.12. The summed E-state index contributed by atoms with van der Waals surface area (Å²) in [5, 5.41) is 2.82. The van der Waals surface area contributed by atoms with E-state index in [1.165, 1.54) is 17.7 Å². The fourth-order valence-electron chi connectivity index (χ4n) is 3.40. The SMILES string of the molecule is CN(C)Cc1cccc(-c2nc3cc(F)cc4c3n2CCNC4=O)c1. The van der Waals surface area contributed by atoms with Crippen LogP contribution in [0.5, 0.6) is 0 Å². The molecule has 25 heavy (non-hydrogen) atoms. The molecule has 5 nitrogen and oxygen atoms in total. The van der Waals surface area contributed by atoms with Gasteiger partial charge < -0.3 is 14.8 Å². The molecule has 0 spiro atoms. The lowest BCUT2D eigenvalue weighted by atomic mass is 10.1. The van der Waals surface area contributed by atoms with Gasteiger partial charge in [-0.05, 0) is 31.8 Å². The minimum Gasteiger partial charge on any atom is -0.350 e. The number of nitrogens with zero attached hydrogens (tertiary/aromatic N) is 3. The van der Waals surface area contributed by atoms with E-state index >= 15 is 0 Å². The quantitative estimate of drug-likeness (QED) is 0.799. The molecule has 1 aliphatic heterocycles. The summed E-state index contributed by atoms with van der Waals surface area (Å²) in [4.78, 5) is 19.0. The van der Waals surface area contributed by atoms with E-state index < -0.39 is 5.82 Å². The van der Waals surface area contributed by atoms with E-state index in [9.17, 15) is 9.18 Å². The highest BCUT2D eigenvalue weighted by atomic mass is 19.1. The molecule has 1 N–H and O–H groups in total. The second kappa shape index (κ2) is 5.97. The zero-order chi connectivity index (χ0) is 17.6. The summed E-state index contributed by atoms with van der Waals surface area (Å²) >= 11 is 0. The molecular formula is C19H19FN4O. The highest BCUT2D eigenvalue weighted by Gasteiger charge is 2.23. The van der Waals surface area contributed by atoms with Crippen molar-refractivity contribution in [3.63, 3.8) is 0 Å². The Morgan fingerprint density at radius 3 is 2.92 bits per heavy atom. The number of imidazole rings is 1. The fraction of sp³-hybridized carbons (Fsp3) is 0.263. The van der Waals surface area contributed by atoms with Crippen molar-refractivity contribution in [3.05, 3.63) is 53.3 Å². The average molecular weight is 338 g/mol. The Hall–Kier alpha value is -2.73. The van der Waals surface area contributed by atoms with E-state index in [-0.39, 0.29) is 5.91 Å². The van der Waals surface area contributed by atoms with Crippen LogP contribution in [0, 0.1) is 5.82 Å². The third-order valence-corrected chi connectivity index (χ3v) is 4.36. The van der Waals surface area contributed by atoms with Gasteiger partial charge in [0.1, 0.15) is 11.6 Å². The van der Waals surface area contributed by atoms with Crippen molar-refractivity contribution in [1.82, 2.24) is 19.8 Å². The maximum Gasteiger partial charge on any atom is 0.253 e. The molecule has 2 heterocycles. The van der Waals surface area contributed by atoms with Crippen molar-refractivity contribution >= 4 is 16.9 Å². The van der Waals surface area contributed by atoms with Crippen molar-refractivity contribution in [2.75, 3.05) is 20.6 Å². The highest BCUT2D eigenvalue weighted by Crippen LogP contribution is 2.29. The van der Waals surface area contributed by atoms with Gasteiger partial charge in [0.15, 0.2) is 0 Å². The highest BCUT2D eigenvalue weighted by molar-refractivity contribution is 6.06. The molecule has 2 aromatic carbocycles. The first kappa shape index (κ1) is 15.8. The third-order valence-electron chi connectivity index (χ3n) is 4.36. The molecule has 0 aliphatic carbocycles. The summed E-state index contributed by atoms with van der Waals surface area (Å²) in [5.41, 5.74) is 3.70. The lowest BCUT2D eigenvalue weighted by molar-refractivity contribution is 0.0956. The van der Waals surface area contributed by atoms with Gasteiger partial charge in [-0.3, -0.25) is 4.79 Å². The van der Waals surface area contributed by atoms with Crippen molar-refractivity contribution < 1.29 is 9.18 Å². The molecule has 0 radical (unpaired) electrons. The summed E-state index contributed by atoms with van der Waals surface area (Å²) in [6.45, 7) is 1.92. The van der Waals surface area contributed by atoms with E-state index in [0.717, 1.165) is 17.9 Å². The van der Waals surface area contributed by atoms with Gasteiger partial charge in [-0.2, -0.15) is 0 Å². The number of carbonyl (C=O) groups excluding carboxylic acids is 1. The van der Waals surface area contributed by atoms with Gasteiger partial charge in [0.25, 0.3) is 5.91 Å².